The van der Waals surface area contributed by atoms with Gasteiger partial charge in [0.05, 0.1) is 11.6 Å². The average Bonchev–Trinajstić information content (AvgIpc) is 3.11. The molecule has 7 heteroatoms. The summed E-state index contributed by atoms with van der Waals surface area (Å²) in [4.78, 5) is 17.9. The number of imidazole rings is 1. The standard InChI is InChI=1S/C13H11F2N3OS/c14-10-2-1-9(5-11(10)15)12-6-18(7-16-12)13(19)17-3-4-20-8-17/h1-2,5-7H,3-4,8H2. The molecule has 104 valence electrons. The van der Waals surface area contributed by atoms with E-state index in [9.17, 15) is 13.6 Å². The fourth-order valence-corrected chi connectivity index (χ4v) is 2.90. The van der Waals surface area contributed by atoms with Gasteiger partial charge in [-0.3, -0.25) is 4.57 Å². The molecule has 1 aliphatic rings. The molecular formula is C13H11F2N3OS. The van der Waals surface area contributed by atoms with Crippen LogP contribution in [0, 0.1) is 11.6 Å². The van der Waals surface area contributed by atoms with Gasteiger partial charge in [0.2, 0.25) is 0 Å². The molecule has 1 saturated heterocycles. The number of hydrogen-bond donors (Lipinski definition) is 0. The maximum Gasteiger partial charge on any atom is 0.330 e. The van der Waals surface area contributed by atoms with Crippen LogP contribution in [0.1, 0.15) is 0 Å². The highest BCUT2D eigenvalue weighted by Crippen LogP contribution is 2.21. The number of halogens is 2. The van der Waals surface area contributed by atoms with Crippen LogP contribution in [0.25, 0.3) is 11.3 Å². The van der Waals surface area contributed by atoms with Gasteiger partial charge in [-0.15, -0.1) is 11.8 Å². The third kappa shape index (κ3) is 2.40. The molecule has 0 saturated carbocycles. The molecule has 20 heavy (non-hydrogen) atoms. The van der Waals surface area contributed by atoms with Crippen LogP contribution in [0.5, 0.6) is 0 Å². The lowest BCUT2D eigenvalue weighted by atomic mass is 10.1. The summed E-state index contributed by atoms with van der Waals surface area (Å²) in [6.45, 7) is 0.711. The number of aromatic nitrogens is 2. The molecule has 1 aromatic heterocycles. The van der Waals surface area contributed by atoms with Crippen molar-refractivity contribution in [2.45, 2.75) is 0 Å². The molecule has 0 aliphatic carbocycles. The summed E-state index contributed by atoms with van der Waals surface area (Å²) in [5.41, 5.74) is 0.871. The molecule has 0 radical (unpaired) electrons. The fourth-order valence-electron chi connectivity index (χ4n) is 1.96. The van der Waals surface area contributed by atoms with E-state index in [0.29, 0.717) is 23.7 Å². The Morgan fingerprint density at radius 2 is 2.15 bits per heavy atom. The highest BCUT2D eigenvalue weighted by molar-refractivity contribution is 7.99. The van der Waals surface area contributed by atoms with Crippen molar-refractivity contribution in [1.82, 2.24) is 14.5 Å². The summed E-state index contributed by atoms with van der Waals surface area (Å²) in [5.74, 6) is -0.244. The lowest BCUT2D eigenvalue weighted by molar-refractivity contribution is 0.213. The molecule has 0 atom stereocenters. The van der Waals surface area contributed by atoms with Crippen LogP contribution in [0.4, 0.5) is 13.6 Å². The molecule has 2 aromatic rings. The highest BCUT2D eigenvalue weighted by atomic mass is 32.2. The van der Waals surface area contributed by atoms with Crippen molar-refractivity contribution in [2.24, 2.45) is 0 Å². The van der Waals surface area contributed by atoms with Gasteiger partial charge >= 0.3 is 6.03 Å². The normalized spacial score (nSPS) is 14.8. The van der Waals surface area contributed by atoms with E-state index in [1.165, 1.54) is 23.2 Å². The van der Waals surface area contributed by atoms with Crippen LogP contribution < -0.4 is 0 Å². The first-order valence-electron chi connectivity index (χ1n) is 6.01. The van der Waals surface area contributed by atoms with Gasteiger partial charge < -0.3 is 4.90 Å². The summed E-state index contributed by atoms with van der Waals surface area (Å²) in [6, 6.07) is 3.39. The fraction of sp³-hybridized carbons (Fsp3) is 0.231. The summed E-state index contributed by atoms with van der Waals surface area (Å²) in [6.07, 6.45) is 2.92. The van der Waals surface area contributed by atoms with Gasteiger partial charge in [0.15, 0.2) is 11.6 Å². The van der Waals surface area contributed by atoms with Crippen molar-refractivity contribution >= 4 is 17.8 Å². The van der Waals surface area contributed by atoms with E-state index < -0.39 is 11.6 Å². The Morgan fingerprint density at radius 1 is 1.30 bits per heavy atom. The van der Waals surface area contributed by atoms with Crippen LogP contribution in [-0.4, -0.2) is 38.7 Å². The molecule has 1 fully saturated rings. The first-order valence-corrected chi connectivity index (χ1v) is 7.17. The van der Waals surface area contributed by atoms with Crippen LogP contribution in [0.2, 0.25) is 0 Å². The van der Waals surface area contributed by atoms with Crippen molar-refractivity contribution in [3.8, 4) is 11.3 Å². The SMILES string of the molecule is O=C(N1CCSC1)n1cnc(-c2ccc(F)c(F)c2)c1. The zero-order valence-corrected chi connectivity index (χ0v) is 11.2. The topological polar surface area (TPSA) is 38.1 Å². The largest absolute Gasteiger partial charge is 0.330 e. The first kappa shape index (κ1) is 13.1. The van der Waals surface area contributed by atoms with Crippen LogP contribution in [0.3, 0.4) is 0 Å². The van der Waals surface area contributed by atoms with E-state index in [-0.39, 0.29) is 6.03 Å². The first-order chi connectivity index (χ1) is 9.65. The number of hydrogen-bond acceptors (Lipinski definition) is 3. The highest BCUT2D eigenvalue weighted by Gasteiger charge is 2.20. The van der Waals surface area contributed by atoms with E-state index in [4.69, 9.17) is 0 Å². The summed E-state index contributed by atoms with van der Waals surface area (Å²) in [7, 11) is 0. The van der Waals surface area contributed by atoms with E-state index >= 15 is 0 Å². The Balaban J connectivity index is 1.85. The van der Waals surface area contributed by atoms with Gasteiger partial charge in [0, 0.05) is 24.1 Å². The quantitative estimate of drug-likeness (QED) is 0.812. The molecule has 3 rings (SSSR count). The van der Waals surface area contributed by atoms with Crippen LogP contribution in [0.15, 0.2) is 30.7 Å². The third-order valence-electron chi connectivity index (χ3n) is 3.04. The maximum absolute atomic E-state index is 13.2. The third-order valence-corrected chi connectivity index (χ3v) is 4.01. The van der Waals surface area contributed by atoms with Crippen molar-refractivity contribution in [2.75, 3.05) is 18.2 Å². The molecular weight excluding hydrogens is 284 g/mol. The van der Waals surface area contributed by atoms with E-state index in [1.54, 1.807) is 16.7 Å². The predicted octanol–water partition coefficient (Wildman–Crippen LogP) is 2.80. The van der Waals surface area contributed by atoms with Gasteiger partial charge in [-0.25, -0.2) is 18.6 Å². The minimum absolute atomic E-state index is 0.156. The van der Waals surface area contributed by atoms with Crippen LogP contribution >= 0.6 is 11.8 Å². The second-order valence-corrected chi connectivity index (χ2v) is 5.45. The monoisotopic (exact) mass is 295 g/mol. The Bertz CT molecular complexity index is 653. The average molecular weight is 295 g/mol. The Labute approximate surface area is 118 Å². The Morgan fingerprint density at radius 3 is 2.85 bits per heavy atom. The Kier molecular flexibility index (Phi) is 3.43. The number of amides is 1. The number of rotatable bonds is 1. The zero-order valence-electron chi connectivity index (χ0n) is 10.4. The summed E-state index contributed by atoms with van der Waals surface area (Å²) >= 11 is 1.69. The van der Waals surface area contributed by atoms with Gasteiger partial charge in [-0.2, -0.15) is 0 Å². The van der Waals surface area contributed by atoms with Crippen LogP contribution in [-0.2, 0) is 0 Å². The smallest absolute Gasteiger partial charge is 0.314 e. The number of carbonyl (C=O) groups excluding carboxylic acids is 1. The molecule has 0 spiro atoms. The molecule has 0 N–H and O–H groups in total. The van der Waals surface area contributed by atoms with Gasteiger partial charge in [-0.1, -0.05) is 0 Å². The molecule has 1 aliphatic heterocycles. The maximum atomic E-state index is 13.2. The minimum Gasteiger partial charge on any atom is -0.314 e. The number of benzene rings is 1. The van der Waals surface area contributed by atoms with Crippen molar-refractivity contribution < 1.29 is 13.6 Å². The van der Waals surface area contributed by atoms with Gasteiger partial charge in [-0.05, 0) is 18.2 Å². The van der Waals surface area contributed by atoms with Gasteiger partial charge in [0.25, 0.3) is 0 Å². The number of carbonyl (C=O) groups is 1. The lowest BCUT2D eigenvalue weighted by Gasteiger charge is -2.13. The second kappa shape index (κ2) is 5.24. The van der Waals surface area contributed by atoms with Gasteiger partial charge in [0.1, 0.15) is 6.33 Å². The van der Waals surface area contributed by atoms with E-state index in [2.05, 4.69) is 4.98 Å². The molecule has 0 unspecified atom stereocenters. The second-order valence-electron chi connectivity index (χ2n) is 4.38. The van der Waals surface area contributed by atoms with Crippen molar-refractivity contribution in [3.63, 3.8) is 0 Å². The zero-order chi connectivity index (χ0) is 14.1. The lowest BCUT2D eigenvalue weighted by Crippen LogP contribution is -2.31. The molecule has 1 amide bonds. The predicted molar refractivity (Wildman–Crippen MR) is 72.4 cm³/mol. The van der Waals surface area contributed by atoms with Crippen molar-refractivity contribution in [1.29, 1.82) is 0 Å². The molecule has 2 heterocycles. The molecule has 0 bridgehead atoms. The summed E-state index contributed by atoms with van der Waals surface area (Å²) < 4.78 is 27.4. The Hall–Kier alpha value is -1.89. The van der Waals surface area contributed by atoms with E-state index in [0.717, 1.165) is 17.9 Å². The molecule has 4 nitrogen and oxygen atoms in total. The van der Waals surface area contributed by atoms with Crippen molar-refractivity contribution in [3.05, 3.63) is 42.4 Å². The molecule has 1 aromatic carbocycles. The number of nitrogens with zero attached hydrogens (tertiary/aromatic N) is 3. The number of thioether (sulfide) groups is 1. The van der Waals surface area contributed by atoms with E-state index in [1.807, 2.05) is 0 Å². The summed E-state index contributed by atoms with van der Waals surface area (Å²) in [5, 5.41) is 0. The minimum atomic E-state index is -0.931.